The van der Waals surface area contributed by atoms with Crippen LogP contribution in [0.2, 0.25) is 0 Å². The second-order valence-corrected chi connectivity index (χ2v) is 3.40. The fourth-order valence-electron chi connectivity index (χ4n) is 1.96. The van der Waals surface area contributed by atoms with Gasteiger partial charge in [0.15, 0.2) is 0 Å². The summed E-state index contributed by atoms with van der Waals surface area (Å²) in [4.78, 5) is 11.1. The maximum Gasteiger partial charge on any atom is 0.134 e. The van der Waals surface area contributed by atoms with Crippen LogP contribution in [0.15, 0.2) is 0 Å². The predicted octanol–water partition coefficient (Wildman–Crippen LogP) is 2.63. The molecule has 0 unspecified atom stereocenters. The first kappa shape index (κ1) is 15.1. The van der Waals surface area contributed by atoms with E-state index < -0.39 is 0 Å². The Bertz CT molecular complexity index is 145. The molecule has 1 saturated carbocycles. The molecule has 2 heteroatoms. The van der Waals surface area contributed by atoms with Crippen LogP contribution in [0.5, 0.6) is 0 Å². The molecule has 0 aliphatic heterocycles. The first-order chi connectivity index (χ1) is 5.25. The third-order valence-corrected chi connectivity index (χ3v) is 2.66. The highest BCUT2D eigenvalue weighted by Gasteiger charge is 2.26. The van der Waals surface area contributed by atoms with Crippen molar-refractivity contribution < 1.29 is 4.79 Å². The SMILES string of the molecule is C.C.CN[C@H]1CCCC[C@@H]1C(C)=O. The van der Waals surface area contributed by atoms with E-state index >= 15 is 0 Å². The second-order valence-electron chi connectivity index (χ2n) is 3.40. The van der Waals surface area contributed by atoms with E-state index in [0.717, 1.165) is 6.42 Å². The molecule has 0 spiro atoms. The molecule has 2 nitrogen and oxygen atoms in total. The molecular formula is C11H25NO. The number of carbonyl (C=O) groups is 1. The van der Waals surface area contributed by atoms with Crippen molar-refractivity contribution in [1.29, 1.82) is 0 Å². The molecule has 0 aromatic rings. The lowest BCUT2D eigenvalue weighted by molar-refractivity contribution is -0.122. The molecule has 2 atom stereocenters. The second kappa shape index (κ2) is 7.07. The van der Waals surface area contributed by atoms with Gasteiger partial charge in [-0.25, -0.2) is 0 Å². The Morgan fingerprint density at radius 2 is 1.77 bits per heavy atom. The van der Waals surface area contributed by atoms with E-state index in [0.29, 0.717) is 11.8 Å². The zero-order valence-electron chi connectivity index (χ0n) is 7.39. The van der Waals surface area contributed by atoms with Gasteiger partial charge in [-0.05, 0) is 26.8 Å². The first-order valence-corrected chi connectivity index (χ1v) is 4.43. The van der Waals surface area contributed by atoms with Crippen LogP contribution in [-0.4, -0.2) is 18.9 Å². The fraction of sp³-hybridized carbons (Fsp3) is 0.909. The van der Waals surface area contributed by atoms with Gasteiger partial charge in [0.1, 0.15) is 5.78 Å². The summed E-state index contributed by atoms with van der Waals surface area (Å²) in [7, 11) is 1.95. The maximum atomic E-state index is 11.1. The van der Waals surface area contributed by atoms with E-state index in [9.17, 15) is 4.79 Å². The van der Waals surface area contributed by atoms with Crippen molar-refractivity contribution in [2.45, 2.75) is 53.5 Å². The summed E-state index contributed by atoms with van der Waals surface area (Å²) in [6.07, 6.45) is 4.75. The summed E-state index contributed by atoms with van der Waals surface area (Å²) >= 11 is 0. The minimum absolute atomic E-state index is 0. The van der Waals surface area contributed by atoms with E-state index in [4.69, 9.17) is 0 Å². The van der Waals surface area contributed by atoms with Gasteiger partial charge in [-0.1, -0.05) is 27.7 Å². The van der Waals surface area contributed by atoms with Crippen molar-refractivity contribution in [3.8, 4) is 0 Å². The summed E-state index contributed by atoms with van der Waals surface area (Å²) < 4.78 is 0. The largest absolute Gasteiger partial charge is 0.316 e. The van der Waals surface area contributed by atoms with Crippen LogP contribution in [0.4, 0.5) is 0 Å². The van der Waals surface area contributed by atoms with Crippen LogP contribution in [0, 0.1) is 5.92 Å². The number of hydrogen-bond acceptors (Lipinski definition) is 2. The van der Waals surface area contributed by atoms with Crippen LogP contribution in [0.3, 0.4) is 0 Å². The van der Waals surface area contributed by atoms with E-state index in [1.165, 1.54) is 19.3 Å². The van der Waals surface area contributed by atoms with Crippen LogP contribution in [-0.2, 0) is 4.79 Å². The molecule has 1 fully saturated rings. The monoisotopic (exact) mass is 187 g/mol. The zero-order valence-corrected chi connectivity index (χ0v) is 7.39. The highest BCUT2D eigenvalue weighted by atomic mass is 16.1. The van der Waals surface area contributed by atoms with Gasteiger partial charge in [0.05, 0.1) is 0 Å². The molecule has 0 aromatic heterocycles. The lowest BCUT2D eigenvalue weighted by Gasteiger charge is -2.29. The normalized spacial score (nSPS) is 26.9. The van der Waals surface area contributed by atoms with Gasteiger partial charge in [0.2, 0.25) is 0 Å². The topological polar surface area (TPSA) is 29.1 Å². The average molecular weight is 187 g/mol. The highest BCUT2D eigenvalue weighted by molar-refractivity contribution is 5.79. The van der Waals surface area contributed by atoms with Gasteiger partial charge in [-0.15, -0.1) is 0 Å². The van der Waals surface area contributed by atoms with Crippen molar-refractivity contribution in [3.05, 3.63) is 0 Å². The third kappa shape index (κ3) is 3.90. The molecule has 0 bridgehead atoms. The summed E-state index contributed by atoms with van der Waals surface area (Å²) in [6, 6.07) is 0.446. The molecule has 80 valence electrons. The first-order valence-electron chi connectivity index (χ1n) is 4.43. The quantitative estimate of drug-likeness (QED) is 0.720. The van der Waals surface area contributed by atoms with E-state index in [1.807, 2.05) is 7.05 Å². The van der Waals surface area contributed by atoms with Crippen LogP contribution < -0.4 is 5.32 Å². The van der Waals surface area contributed by atoms with E-state index in [1.54, 1.807) is 6.92 Å². The van der Waals surface area contributed by atoms with Gasteiger partial charge in [0, 0.05) is 12.0 Å². The molecule has 1 N–H and O–H groups in total. The number of hydrogen-bond donors (Lipinski definition) is 1. The molecule has 0 radical (unpaired) electrons. The number of Topliss-reactive ketones (excluding diaryl/α,β-unsaturated/α-hetero) is 1. The molecule has 0 amide bonds. The number of rotatable bonds is 2. The van der Waals surface area contributed by atoms with Crippen molar-refractivity contribution >= 4 is 5.78 Å². The maximum absolute atomic E-state index is 11.1. The van der Waals surface area contributed by atoms with Crippen molar-refractivity contribution in [3.63, 3.8) is 0 Å². The summed E-state index contributed by atoms with van der Waals surface area (Å²) in [5, 5.41) is 3.21. The number of carbonyl (C=O) groups excluding carboxylic acids is 1. The minimum atomic E-state index is 0. The molecule has 1 rings (SSSR count). The molecule has 0 heterocycles. The summed E-state index contributed by atoms with van der Waals surface area (Å²) in [6.45, 7) is 1.71. The Labute approximate surface area is 83.1 Å². The lowest BCUT2D eigenvalue weighted by atomic mass is 9.82. The average Bonchev–Trinajstić information content (AvgIpc) is 2.04. The van der Waals surface area contributed by atoms with E-state index in [2.05, 4.69) is 5.32 Å². The van der Waals surface area contributed by atoms with Crippen molar-refractivity contribution in [2.24, 2.45) is 5.92 Å². The van der Waals surface area contributed by atoms with Gasteiger partial charge in [0.25, 0.3) is 0 Å². The Hall–Kier alpha value is -0.370. The molecule has 0 aromatic carbocycles. The van der Waals surface area contributed by atoms with Gasteiger partial charge >= 0.3 is 0 Å². The highest BCUT2D eigenvalue weighted by Crippen LogP contribution is 2.24. The Morgan fingerprint density at radius 3 is 2.15 bits per heavy atom. The van der Waals surface area contributed by atoms with Gasteiger partial charge in [-0.2, -0.15) is 0 Å². The minimum Gasteiger partial charge on any atom is -0.316 e. The van der Waals surface area contributed by atoms with Crippen molar-refractivity contribution in [1.82, 2.24) is 5.32 Å². The summed E-state index contributed by atoms with van der Waals surface area (Å²) in [5.41, 5.74) is 0. The Balaban J connectivity index is 0. The van der Waals surface area contributed by atoms with Crippen LogP contribution in [0.25, 0.3) is 0 Å². The number of nitrogens with one attached hydrogen (secondary N) is 1. The zero-order chi connectivity index (χ0) is 8.27. The standard InChI is InChI=1S/C9H17NO.2CH4/c1-7(11)8-5-3-4-6-9(8)10-2;;/h8-10H,3-6H2,1-2H3;2*1H4/t8-,9+;;/m1../s1. The van der Waals surface area contributed by atoms with Crippen molar-refractivity contribution in [2.75, 3.05) is 7.05 Å². The molecule has 1 aliphatic carbocycles. The summed E-state index contributed by atoms with van der Waals surface area (Å²) in [5.74, 6) is 0.637. The fourth-order valence-corrected chi connectivity index (χ4v) is 1.96. The van der Waals surface area contributed by atoms with Gasteiger partial charge in [-0.3, -0.25) is 4.79 Å². The third-order valence-electron chi connectivity index (χ3n) is 2.66. The molecule has 0 saturated heterocycles. The predicted molar refractivity (Wildman–Crippen MR) is 58.9 cm³/mol. The Morgan fingerprint density at radius 1 is 1.23 bits per heavy atom. The lowest BCUT2D eigenvalue weighted by Crippen LogP contribution is -2.39. The molecular weight excluding hydrogens is 162 g/mol. The van der Waals surface area contributed by atoms with Crippen LogP contribution >= 0.6 is 0 Å². The smallest absolute Gasteiger partial charge is 0.134 e. The molecule has 13 heavy (non-hydrogen) atoms. The molecule has 1 aliphatic rings. The Kier molecular flexibility index (Phi) is 8.23. The number of ketones is 1. The van der Waals surface area contributed by atoms with Crippen LogP contribution in [0.1, 0.15) is 47.5 Å². The van der Waals surface area contributed by atoms with Gasteiger partial charge < -0.3 is 5.32 Å². The van der Waals surface area contributed by atoms with E-state index in [-0.39, 0.29) is 20.8 Å².